The van der Waals surface area contributed by atoms with Crippen LogP contribution in [0.3, 0.4) is 0 Å². The summed E-state index contributed by atoms with van der Waals surface area (Å²) in [6, 6.07) is 6.30. The predicted molar refractivity (Wildman–Crippen MR) is 74.3 cm³/mol. The highest BCUT2D eigenvalue weighted by molar-refractivity contribution is 5.48. The van der Waals surface area contributed by atoms with Gasteiger partial charge in [-0.25, -0.2) is 4.98 Å². The van der Waals surface area contributed by atoms with Crippen LogP contribution in [-0.4, -0.2) is 48.7 Å². The minimum absolute atomic E-state index is 0.387. The van der Waals surface area contributed by atoms with Crippen LogP contribution >= 0.6 is 0 Å². The van der Waals surface area contributed by atoms with Crippen LogP contribution in [0.2, 0.25) is 0 Å². The van der Waals surface area contributed by atoms with Gasteiger partial charge < -0.3 is 9.64 Å². The van der Waals surface area contributed by atoms with E-state index in [-0.39, 0.29) is 5.54 Å². The summed E-state index contributed by atoms with van der Waals surface area (Å²) < 4.78 is 5.15. The van der Waals surface area contributed by atoms with E-state index in [1.165, 1.54) is 0 Å². The number of rotatable bonds is 3. The van der Waals surface area contributed by atoms with Crippen LogP contribution in [0.1, 0.15) is 13.8 Å². The largest absolute Gasteiger partial charge is 0.481 e. The van der Waals surface area contributed by atoms with Gasteiger partial charge in [0.05, 0.1) is 13.2 Å². The standard InChI is InChI=1S/C14H20N4O/c1-14(2,11-15)18-8-6-17(7-9-18)12-4-5-16-13(10-12)19-3/h4-5,10H,6-9H2,1-3H3. The molecule has 2 heterocycles. The van der Waals surface area contributed by atoms with E-state index in [2.05, 4.69) is 20.9 Å². The summed E-state index contributed by atoms with van der Waals surface area (Å²) >= 11 is 0. The summed E-state index contributed by atoms with van der Waals surface area (Å²) in [7, 11) is 1.62. The van der Waals surface area contributed by atoms with Crippen molar-refractivity contribution in [3.05, 3.63) is 18.3 Å². The molecule has 0 aliphatic carbocycles. The lowest BCUT2D eigenvalue weighted by Gasteiger charge is -2.41. The molecule has 1 saturated heterocycles. The summed E-state index contributed by atoms with van der Waals surface area (Å²) in [5.74, 6) is 0.636. The fourth-order valence-corrected chi connectivity index (χ4v) is 2.30. The second-order valence-corrected chi connectivity index (χ2v) is 5.20. The van der Waals surface area contributed by atoms with Crippen LogP contribution < -0.4 is 9.64 Å². The molecular weight excluding hydrogens is 240 g/mol. The number of pyridine rings is 1. The molecule has 0 amide bonds. The number of nitrogens with zero attached hydrogens (tertiary/aromatic N) is 4. The summed E-state index contributed by atoms with van der Waals surface area (Å²) in [4.78, 5) is 8.64. The van der Waals surface area contributed by atoms with Gasteiger partial charge in [-0.2, -0.15) is 5.26 Å². The van der Waals surface area contributed by atoms with Crippen molar-refractivity contribution in [1.29, 1.82) is 5.26 Å². The molecule has 1 aromatic heterocycles. The zero-order valence-corrected chi connectivity index (χ0v) is 11.8. The number of methoxy groups -OCH3 is 1. The third kappa shape index (κ3) is 2.96. The summed E-state index contributed by atoms with van der Waals surface area (Å²) in [5.41, 5.74) is 0.739. The highest BCUT2D eigenvalue weighted by Crippen LogP contribution is 2.22. The lowest BCUT2D eigenvalue weighted by Crippen LogP contribution is -2.54. The third-order valence-electron chi connectivity index (χ3n) is 3.64. The van der Waals surface area contributed by atoms with Crippen LogP contribution in [0.15, 0.2) is 18.3 Å². The summed E-state index contributed by atoms with van der Waals surface area (Å²) in [5, 5.41) is 9.17. The molecule has 102 valence electrons. The van der Waals surface area contributed by atoms with Crippen LogP contribution in [0.5, 0.6) is 5.88 Å². The Morgan fingerprint density at radius 3 is 2.58 bits per heavy atom. The molecule has 0 saturated carbocycles. The number of hydrogen-bond acceptors (Lipinski definition) is 5. The van der Waals surface area contributed by atoms with E-state index in [1.54, 1.807) is 13.3 Å². The van der Waals surface area contributed by atoms with Crippen LogP contribution in [0.25, 0.3) is 0 Å². The molecule has 0 bridgehead atoms. The molecule has 1 aliphatic heterocycles. The van der Waals surface area contributed by atoms with E-state index < -0.39 is 0 Å². The molecule has 2 rings (SSSR count). The lowest BCUT2D eigenvalue weighted by molar-refractivity contribution is 0.158. The fraction of sp³-hybridized carbons (Fsp3) is 0.571. The minimum Gasteiger partial charge on any atom is -0.481 e. The fourth-order valence-electron chi connectivity index (χ4n) is 2.30. The van der Waals surface area contributed by atoms with Gasteiger partial charge >= 0.3 is 0 Å². The quantitative estimate of drug-likeness (QED) is 0.824. The van der Waals surface area contributed by atoms with Crippen molar-refractivity contribution in [3.8, 4) is 11.9 Å². The molecule has 5 heteroatoms. The average molecular weight is 260 g/mol. The van der Waals surface area contributed by atoms with Gasteiger partial charge in [-0.1, -0.05) is 0 Å². The molecule has 1 fully saturated rings. The van der Waals surface area contributed by atoms with Gasteiger partial charge in [0.15, 0.2) is 0 Å². The molecule has 0 atom stereocenters. The Labute approximate surface area is 114 Å². The minimum atomic E-state index is -0.387. The maximum absolute atomic E-state index is 9.17. The van der Waals surface area contributed by atoms with Gasteiger partial charge in [0, 0.05) is 44.1 Å². The molecule has 0 unspecified atom stereocenters. The zero-order chi connectivity index (χ0) is 13.9. The predicted octanol–water partition coefficient (Wildman–Crippen LogP) is 1.51. The van der Waals surface area contributed by atoms with Crippen molar-refractivity contribution in [1.82, 2.24) is 9.88 Å². The number of aromatic nitrogens is 1. The van der Waals surface area contributed by atoms with E-state index in [4.69, 9.17) is 10.00 Å². The van der Waals surface area contributed by atoms with Crippen LogP contribution in [0, 0.1) is 11.3 Å². The maximum atomic E-state index is 9.17. The molecule has 0 radical (unpaired) electrons. The molecule has 5 nitrogen and oxygen atoms in total. The Bertz CT molecular complexity index is 473. The first-order chi connectivity index (χ1) is 9.06. The lowest BCUT2D eigenvalue weighted by atomic mass is 10.0. The van der Waals surface area contributed by atoms with E-state index in [0.717, 1.165) is 31.9 Å². The molecule has 0 spiro atoms. The average Bonchev–Trinajstić information content (AvgIpc) is 2.47. The SMILES string of the molecule is COc1cc(N2CCN(C(C)(C)C#N)CC2)ccn1. The van der Waals surface area contributed by atoms with Crippen LogP contribution in [0.4, 0.5) is 5.69 Å². The van der Waals surface area contributed by atoms with Crippen molar-refractivity contribution in [2.75, 3.05) is 38.2 Å². The molecule has 1 aromatic rings. The molecule has 1 aliphatic rings. The molecular formula is C14H20N4O. The van der Waals surface area contributed by atoms with E-state index in [9.17, 15) is 0 Å². The number of piperazine rings is 1. The first kappa shape index (κ1) is 13.6. The van der Waals surface area contributed by atoms with Crippen LogP contribution in [-0.2, 0) is 0 Å². The zero-order valence-electron chi connectivity index (χ0n) is 11.8. The van der Waals surface area contributed by atoms with Gasteiger partial charge in [-0.15, -0.1) is 0 Å². The first-order valence-corrected chi connectivity index (χ1v) is 6.48. The highest BCUT2D eigenvalue weighted by Gasteiger charge is 2.29. The van der Waals surface area contributed by atoms with E-state index >= 15 is 0 Å². The van der Waals surface area contributed by atoms with Gasteiger partial charge in [-0.3, -0.25) is 4.90 Å². The second-order valence-electron chi connectivity index (χ2n) is 5.20. The topological polar surface area (TPSA) is 52.4 Å². The third-order valence-corrected chi connectivity index (χ3v) is 3.64. The van der Waals surface area contributed by atoms with Crippen molar-refractivity contribution in [3.63, 3.8) is 0 Å². The Hall–Kier alpha value is -1.80. The normalized spacial score (nSPS) is 17.1. The summed E-state index contributed by atoms with van der Waals surface area (Å²) in [6.07, 6.45) is 1.76. The Morgan fingerprint density at radius 2 is 2.00 bits per heavy atom. The number of anilines is 1. The Morgan fingerprint density at radius 1 is 1.32 bits per heavy atom. The van der Waals surface area contributed by atoms with Crippen molar-refractivity contribution in [2.45, 2.75) is 19.4 Å². The van der Waals surface area contributed by atoms with Gasteiger partial charge in [0.25, 0.3) is 0 Å². The second kappa shape index (κ2) is 5.45. The monoisotopic (exact) mass is 260 g/mol. The Balaban J connectivity index is 2.02. The van der Waals surface area contributed by atoms with Gasteiger partial charge in [-0.05, 0) is 19.9 Å². The van der Waals surface area contributed by atoms with E-state index in [1.807, 2.05) is 26.0 Å². The molecule has 0 aromatic carbocycles. The number of hydrogen-bond donors (Lipinski definition) is 0. The van der Waals surface area contributed by atoms with E-state index in [0.29, 0.717) is 5.88 Å². The number of nitriles is 1. The molecule has 0 N–H and O–H groups in total. The van der Waals surface area contributed by atoms with Gasteiger partial charge in [0.1, 0.15) is 5.54 Å². The Kier molecular flexibility index (Phi) is 3.91. The molecule has 19 heavy (non-hydrogen) atoms. The first-order valence-electron chi connectivity index (χ1n) is 6.48. The highest BCUT2D eigenvalue weighted by atomic mass is 16.5. The van der Waals surface area contributed by atoms with Crippen molar-refractivity contribution < 1.29 is 4.74 Å². The number of ether oxygens (including phenoxy) is 1. The van der Waals surface area contributed by atoms with Crippen molar-refractivity contribution in [2.24, 2.45) is 0 Å². The smallest absolute Gasteiger partial charge is 0.214 e. The summed E-state index contributed by atoms with van der Waals surface area (Å²) in [6.45, 7) is 7.56. The van der Waals surface area contributed by atoms with Crippen molar-refractivity contribution >= 4 is 5.69 Å². The maximum Gasteiger partial charge on any atom is 0.214 e. The van der Waals surface area contributed by atoms with Gasteiger partial charge in [0.2, 0.25) is 5.88 Å².